The lowest BCUT2D eigenvalue weighted by molar-refractivity contribution is -0.330. The van der Waals surface area contributed by atoms with Crippen molar-refractivity contribution < 1.29 is 39.8 Å². The maximum atomic E-state index is 12.9. The van der Waals surface area contributed by atoms with Gasteiger partial charge in [0.15, 0.2) is 6.29 Å². The molecule has 0 spiro atoms. The zero-order valence-electron chi connectivity index (χ0n) is 28.0. The van der Waals surface area contributed by atoms with Crippen molar-refractivity contribution in [2.75, 3.05) is 6.61 Å². The summed E-state index contributed by atoms with van der Waals surface area (Å²) in [6.07, 6.45) is 5.19. The highest BCUT2D eigenvalue weighted by molar-refractivity contribution is 5.76. The van der Waals surface area contributed by atoms with Crippen LogP contribution in [0.5, 0.6) is 0 Å². The van der Waals surface area contributed by atoms with E-state index < -0.39 is 48.7 Å². The van der Waals surface area contributed by atoms with E-state index in [2.05, 4.69) is 54.5 Å². The van der Waals surface area contributed by atoms with Crippen molar-refractivity contribution in [1.82, 2.24) is 0 Å². The van der Waals surface area contributed by atoms with Crippen molar-refractivity contribution in [2.45, 2.75) is 149 Å². The van der Waals surface area contributed by atoms with Crippen molar-refractivity contribution in [3.8, 4) is 0 Å². The first-order valence-corrected chi connectivity index (χ1v) is 17.3. The second-order valence-corrected chi connectivity index (χ2v) is 17.9. The molecule has 4 saturated carbocycles. The SMILES string of the molecule is CC1(C)CC[C@]2(C(=O)O)CC[C@]3(C)C(=CC[C@@H]4[C@@]5(C)CC[C@H](O[C@@H]6O[C@H](CO)[C@@H](O)[C@H](O)[C@H]6O)C(C)(C)[C@@H]5CC[C@]43C)[C@H]2C1. The number of carbonyl (C=O) groups is 1. The number of hydrogen-bond acceptors (Lipinski definition) is 7. The van der Waals surface area contributed by atoms with Gasteiger partial charge in [-0.25, -0.2) is 0 Å². The highest BCUT2D eigenvalue weighted by Gasteiger charge is 2.69. The third kappa shape index (κ3) is 4.40. The van der Waals surface area contributed by atoms with E-state index in [-0.39, 0.29) is 39.1 Å². The summed E-state index contributed by atoms with van der Waals surface area (Å²) in [4.78, 5) is 12.9. The average molecular weight is 619 g/mol. The molecular weight excluding hydrogens is 560 g/mol. The molecule has 1 saturated heterocycles. The van der Waals surface area contributed by atoms with Crippen LogP contribution in [0.4, 0.5) is 0 Å². The van der Waals surface area contributed by atoms with Crippen LogP contribution in [0.15, 0.2) is 11.6 Å². The lowest BCUT2D eigenvalue weighted by Gasteiger charge is -2.71. The van der Waals surface area contributed by atoms with Gasteiger partial charge in [0.25, 0.3) is 0 Å². The molecule has 0 amide bonds. The van der Waals surface area contributed by atoms with Gasteiger partial charge >= 0.3 is 5.97 Å². The predicted octanol–water partition coefficient (Wildman–Crippen LogP) is 5.06. The fraction of sp³-hybridized carbons (Fsp3) is 0.917. The van der Waals surface area contributed by atoms with Crippen LogP contribution >= 0.6 is 0 Å². The predicted molar refractivity (Wildman–Crippen MR) is 165 cm³/mol. The molecule has 6 aliphatic rings. The van der Waals surface area contributed by atoms with Crippen LogP contribution in [0, 0.1) is 50.2 Å². The van der Waals surface area contributed by atoms with Gasteiger partial charge in [-0.2, -0.15) is 0 Å². The minimum Gasteiger partial charge on any atom is -0.481 e. The first-order valence-electron chi connectivity index (χ1n) is 17.3. The Morgan fingerprint density at radius 3 is 2.23 bits per heavy atom. The Labute approximate surface area is 263 Å². The topological polar surface area (TPSA) is 137 Å². The minimum atomic E-state index is -1.45. The molecule has 5 fully saturated rings. The molecule has 13 atom stereocenters. The second kappa shape index (κ2) is 10.5. The first-order chi connectivity index (χ1) is 20.4. The summed E-state index contributed by atoms with van der Waals surface area (Å²) < 4.78 is 12.2. The number of rotatable bonds is 4. The molecular formula is C36H58O8. The molecule has 0 aromatic heterocycles. The highest BCUT2D eigenvalue weighted by Crippen LogP contribution is 2.76. The lowest BCUT2D eigenvalue weighted by Crippen LogP contribution is -2.66. The summed E-state index contributed by atoms with van der Waals surface area (Å²) in [6.45, 7) is 16.2. The monoisotopic (exact) mass is 618 g/mol. The van der Waals surface area contributed by atoms with Crippen molar-refractivity contribution in [3.05, 3.63) is 11.6 Å². The number of fused-ring (bicyclic) bond motifs is 7. The number of ether oxygens (including phenoxy) is 2. The quantitative estimate of drug-likeness (QED) is 0.218. The van der Waals surface area contributed by atoms with E-state index in [1.165, 1.54) is 5.57 Å². The number of aliphatic hydroxyl groups is 4. The molecule has 250 valence electrons. The van der Waals surface area contributed by atoms with Gasteiger partial charge in [-0.05, 0) is 109 Å². The van der Waals surface area contributed by atoms with Gasteiger partial charge in [-0.1, -0.05) is 60.1 Å². The van der Waals surface area contributed by atoms with Gasteiger partial charge in [0.05, 0.1) is 18.1 Å². The molecule has 0 unspecified atom stereocenters. The summed E-state index contributed by atoms with van der Waals surface area (Å²) in [5.74, 6) is 0.336. The normalized spacial score (nSPS) is 52.9. The van der Waals surface area contributed by atoms with Crippen molar-refractivity contribution in [3.63, 3.8) is 0 Å². The Morgan fingerprint density at radius 1 is 0.886 bits per heavy atom. The van der Waals surface area contributed by atoms with Gasteiger partial charge in [-0.15, -0.1) is 0 Å². The summed E-state index contributed by atoms with van der Waals surface area (Å²) in [5, 5.41) is 51.7. The number of aliphatic hydroxyl groups excluding tert-OH is 4. The van der Waals surface area contributed by atoms with Gasteiger partial charge in [0.1, 0.15) is 24.4 Å². The molecule has 44 heavy (non-hydrogen) atoms. The Morgan fingerprint density at radius 2 is 1.57 bits per heavy atom. The summed E-state index contributed by atoms with van der Waals surface area (Å²) in [7, 11) is 0. The molecule has 0 aromatic carbocycles. The van der Waals surface area contributed by atoms with E-state index in [1.807, 2.05) is 0 Å². The van der Waals surface area contributed by atoms with E-state index in [4.69, 9.17) is 9.47 Å². The van der Waals surface area contributed by atoms with Gasteiger partial charge in [0, 0.05) is 0 Å². The van der Waals surface area contributed by atoms with Crippen molar-refractivity contribution in [1.29, 1.82) is 0 Å². The zero-order valence-corrected chi connectivity index (χ0v) is 28.0. The molecule has 0 aromatic rings. The van der Waals surface area contributed by atoms with E-state index >= 15 is 0 Å². The van der Waals surface area contributed by atoms with E-state index in [1.54, 1.807) is 0 Å². The number of aliphatic carboxylic acids is 1. The smallest absolute Gasteiger partial charge is 0.310 e. The maximum Gasteiger partial charge on any atom is 0.310 e. The summed E-state index contributed by atoms with van der Waals surface area (Å²) >= 11 is 0. The molecule has 8 heteroatoms. The third-order valence-corrected chi connectivity index (χ3v) is 15.1. The fourth-order valence-corrected chi connectivity index (χ4v) is 12.2. The standard InChI is InChI=1S/C36H58O8/c1-31(2)14-16-36(30(41)42)17-15-34(6)20(21(36)18-31)8-9-24-33(5)12-11-25(32(3,4)23(33)10-13-35(24,34)7)44-29-28(40)27(39)26(38)22(19-37)43-29/h8,21-29,37-40H,9-19H2,1-7H3,(H,41,42)/t21-,22-,23+,24-,25+,26-,27+,28-,29+,33+,34-,35-,36+/m1/s1. The third-order valence-electron chi connectivity index (χ3n) is 15.1. The summed E-state index contributed by atoms with van der Waals surface area (Å²) in [6, 6.07) is 0. The minimum absolute atomic E-state index is 0.0330. The molecule has 5 aliphatic carbocycles. The zero-order chi connectivity index (χ0) is 32.3. The molecule has 1 aliphatic heterocycles. The number of hydrogen-bond donors (Lipinski definition) is 5. The number of carboxylic acid groups (broad SMARTS) is 1. The molecule has 0 bridgehead atoms. The highest BCUT2D eigenvalue weighted by atomic mass is 16.7. The van der Waals surface area contributed by atoms with Crippen LogP contribution in [0.25, 0.3) is 0 Å². The van der Waals surface area contributed by atoms with E-state index in [0.29, 0.717) is 11.8 Å². The number of allylic oxidation sites excluding steroid dienone is 2. The van der Waals surface area contributed by atoms with Crippen molar-refractivity contribution in [2.24, 2.45) is 50.2 Å². The second-order valence-electron chi connectivity index (χ2n) is 17.9. The Bertz CT molecular complexity index is 1180. The molecule has 6 rings (SSSR count). The van der Waals surface area contributed by atoms with Gasteiger partial charge in [0.2, 0.25) is 0 Å². The lowest BCUT2D eigenvalue weighted by atomic mass is 9.33. The van der Waals surface area contributed by atoms with Crippen LogP contribution in [0.2, 0.25) is 0 Å². The van der Waals surface area contributed by atoms with Crippen molar-refractivity contribution >= 4 is 5.97 Å². The van der Waals surface area contributed by atoms with Crippen LogP contribution in [-0.2, 0) is 14.3 Å². The van der Waals surface area contributed by atoms with E-state index in [9.17, 15) is 30.3 Å². The maximum absolute atomic E-state index is 12.9. The first kappa shape index (κ1) is 32.9. The van der Waals surface area contributed by atoms with Gasteiger partial charge in [-0.3, -0.25) is 4.79 Å². The Balaban J connectivity index is 1.29. The Kier molecular flexibility index (Phi) is 7.84. The number of carboxylic acids is 1. The molecule has 8 nitrogen and oxygen atoms in total. The summed E-state index contributed by atoms with van der Waals surface area (Å²) in [5.41, 5.74) is 0.809. The van der Waals surface area contributed by atoms with Crippen LogP contribution in [0.1, 0.15) is 113 Å². The van der Waals surface area contributed by atoms with Gasteiger partial charge < -0.3 is 35.0 Å². The molecule has 1 heterocycles. The Hall–Kier alpha value is -1.03. The van der Waals surface area contributed by atoms with Crippen LogP contribution in [-0.4, -0.2) is 74.9 Å². The molecule has 5 N–H and O–H groups in total. The molecule has 0 radical (unpaired) electrons. The average Bonchev–Trinajstić information content (AvgIpc) is 2.94. The van der Waals surface area contributed by atoms with Crippen LogP contribution < -0.4 is 0 Å². The largest absolute Gasteiger partial charge is 0.481 e. The van der Waals surface area contributed by atoms with E-state index in [0.717, 1.165) is 64.2 Å². The fourth-order valence-electron chi connectivity index (χ4n) is 12.2. The van der Waals surface area contributed by atoms with Crippen LogP contribution in [0.3, 0.4) is 0 Å².